The molecule has 0 aliphatic rings. The Kier molecular flexibility index (Phi) is 6.30. The van der Waals surface area contributed by atoms with Crippen LogP contribution in [0, 0.1) is 0 Å². The van der Waals surface area contributed by atoms with Crippen molar-refractivity contribution in [1.29, 1.82) is 0 Å². The van der Waals surface area contributed by atoms with Gasteiger partial charge >= 0.3 is 0 Å². The molecular formula is C30H24ClNO3. The molecule has 0 aliphatic carbocycles. The van der Waals surface area contributed by atoms with Crippen molar-refractivity contribution < 1.29 is 13.9 Å². The van der Waals surface area contributed by atoms with Crippen molar-refractivity contribution in [2.75, 3.05) is 11.9 Å². The lowest BCUT2D eigenvalue weighted by atomic mass is 9.97. The van der Waals surface area contributed by atoms with Crippen LogP contribution in [-0.4, -0.2) is 12.5 Å². The van der Waals surface area contributed by atoms with Gasteiger partial charge in [0.1, 0.15) is 11.3 Å². The van der Waals surface area contributed by atoms with Gasteiger partial charge in [-0.15, -0.1) is 0 Å². The number of nitrogens with one attached hydrogen (secondary N) is 1. The molecule has 35 heavy (non-hydrogen) atoms. The van der Waals surface area contributed by atoms with Crippen LogP contribution in [0.5, 0.6) is 5.75 Å². The highest BCUT2D eigenvalue weighted by molar-refractivity contribution is 6.33. The van der Waals surface area contributed by atoms with Gasteiger partial charge in [0.2, 0.25) is 5.91 Å². The van der Waals surface area contributed by atoms with Gasteiger partial charge in [-0.2, -0.15) is 0 Å². The van der Waals surface area contributed by atoms with E-state index in [0.29, 0.717) is 23.1 Å². The number of carbonyl (C=O) groups is 1. The van der Waals surface area contributed by atoms with Gasteiger partial charge in [0.15, 0.2) is 0 Å². The number of amides is 1. The van der Waals surface area contributed by atoms with Gasteiger partial charge in [-0.25, -0.2) is 0 Å². The van der Waals surface area contributed by atoms with Crippen LogP contribution < -0.4 is 10.1 Å². The van der Waals surface area contributed by atoms with Crippen molar-refractivity contribution >= 4 is 50.5 Å². The number of halogens is 1. The van der Waals surface area contributed by atoms with Gasteiger partial charge in [-0.1, -0.05) is 60.1 Å². The van der Waals surface area contributed by atoms with Crippen molar-refractivity contribution in [3.8, 4) is 16.9 Å². The Morgan fingerprint density at radius 1 is 1.00 bits per heavy atom. The summed E-state index contributed by atoms with van der Waals surface area (Å²) in [4.78, 5) is 12.7. The molecule has 0 saturated carbocycles. The van der Waals surface area contributed by atoms with Gasteiger partial charge in [0, 0.05) is 28.7 Å². The second-order valence-corrected chi connectivity index (χ2v) is 8.69. The highest BCUT2D eigenvalue weighted by atomic mass is 35.5. The summed E-state index contributed by atoms with van der Waals surface area (Å²) in [7, 11) is 0. The van der Waals surface area contributed by atoms with E-state index < -0.39 is 0 Å². The number of ether oxygens (including phenoxy) is 1. The maximum Gasteiger partial charge on any atom is 0.248 e. The topological polar surface area (TPSA) is 51.5 Å². The smallest absolute Gasteiger partial charge is 0.248 e. The molecule has 4 nitrogen and oxygen atoms in total. The molecule has 0 unspecified atom stereocenters. The summed E-state index contributed by atoms with van der Waals surface area (Å²) in [6.07, 6.45) is 3.33. The number of carbonyl (C=O) groups excluding carboxylic acids is 1. The van der Waals surface area contributed by atoms with Crippen LogP contribution in [0.4, 0.5) is 5.69 Å². The fourth-order valence-corrected chi connectivity index (χ4v) is 4.41. The van der Waals surface area contributed by atoms with Crippen LogP contribution in [0.1, 0.15) is 19.4 Å². The predicted octanol–water partition coefficient (Wildman–Crippen LogP) is 8.35. The van der Waals surface area contributed by atoms with Gasteiger partial charge in [0.05, 0.1) is 23.6 Å². The van der Waals surface area contributed by atoms with Crippen molar-refractivity contribution in [3.63, 3.8) is 0 Å². The monoisotopic (exact) mass is 481 g/mol. The number of fused-ring (bicyclic) bond motifs is 2. The largest absolute Gasteiger partial charge is 0.493 e. The van der Waals surface area contributed by atoms with E-state index in [-0.39, 0.29) is 5.91 Å². The fraction of sp³-hybridized carbons (Fsp3) is 0.100. The van der Waals surface area contributed by atoms with Crippen LogP contribution in [0.3, 0.4) is 0 Å². The molecule has 174 valence electrons. The predicted molar refractivity (Wildman–Crippen MR) is 144 cm³/mol. The molecule has 5 heteroatoms. The maximum atomic E-state index is 12.7. The van der Waals surface area contributed by atoms with Crippen LogP contribution >= 0.6 is 11.6 Å². The van der Waals surface area contributed by atoms with Crippen molar-refractivity contribution in [2.24, 2.45) is 0 Å². The molecule has 1 aromatic heterocycles. The first-order chi connectivity index (χ1) is 17.0. The molecule has 1 heterocycles. The van der Waals surface area contributed by atoms with Gasteiger partial charge in [-0.05, 0) is 60.0 Å². The average molecular weight is 482 g/mol. The zero-order valence-corrected chi connectivity index (χ0v) is 20.2. The Morgan fingerprint density at radius 2 is 1.77 bits per heavy atom. The Balaban J connectivity index is 1.55. The van der Waals surface area contributed by atoms with Gasteiger partial charge < -0.3 is 14.5 Å². The third kappa shape index (κ3) is 4.66. The zero-order valence-electron chi connectivity index (χ0n) is 19.5. The number of anilines is 1. The van der Waals surface area contributed by atoms with Crippen LogP contribution in [0.15, 0.2) is 95.6 Å². The van der Waals surface area contributed by atoms with E-state index in [1.54, 1.807) is 24.5 Å². The van der Waals surface area contributed by atoms with E-state index in [1.165, 1.54) is 5.39 Å². The van der Waals surface area contributed by atoms with Crippen LogP contribution in [-0.2, 0) is 4.79 Å². The summed E-state index contributed by atoms with van der Waals surface area (Å²) >= 11 is 6.19. The Bertz CT molecular complexity index is 1580. The minimum absolute atomic E-state index is 0.264. The summed E-state index contributed by atoms with van der Waals surface area (Å²) in [6, 6.07) is 25.7. The molecule has 5 rings (SSSR count). The number of para-hydroxylation sites is 1. The molecule has 0 radical (unpaired) electrons. The Morgan fingerprint density at radius 3 is 2.57 bits per heavy atom. The summed E-state index contributed by atoms with van der Waals surface area (Å²) < 4.78 is 11.8. The van der Waals surface area contributed by atoms with E-state index in [1.807, 2.05) is 50.2 Å². The minimum Gasteiger partial charge on any atom is -0.493 e. The number of furan rings is 1. The van der Waals surface area contributed by atoms with Crippen molar-refractivity contribution in [1.82, 2.24) is 0 Å². The lowest BCUT2D eigenvalue weighted by Gasteiger charge is -2.12. The maximum absolute atomic E-state index is 12.7. The molecule has 0 aliphatic heterocycles. The highest BCUT2D eigenvalue weighted by Crippen LogP contribution is 2.38. The average Bonchev–Trinajstić information content (AvgIpc) is 3.27. The number of rotatable bonds is 6. The molecule has 0 saturated heterocycles. The first-order valence-corrected chi connectivity index (χ1v) is 11.8. The third-order valence-electron chi connectivity index (χ3n) is 5.94. The zero-order chi connectivity index (χ0) is 24.4. The second-order valence-electron chi connectivity index (χ2n) is 8.29. The molecular weight excluding hydrogens is 458 g/mol. The molecule has 0 fully saturated rings. The van der Waals surface area contributed by atoms with E-state index >= 15 is 0 Å². The Hall–Kier alpha value is -4.02. The SMILES string of the molecule is CCOc1cc2occ(-c3ccc4ccccc4c3)c2cc1/C(C)=C/C(=O)Nc1ccccc1Cl. The lowest BCUT2D eigenvalue weighted by Crippen LogP contribution is -2.09. The van der Waals surface area contributed by atoms with Crippen molar-refractivity contribution in [2.45, 2.75) is 13.8 Å². The van der Waals surface area contributed by atoms with Gasteiger partial charge in [0.25, 0.3) is 0 Å². The lowest BCUT2D eigenvalue weighted by molar-refractivity contribution is -0.111. The normalized spacial score (nSPS) is 11.7. The molecule has 0 spiro atoms. The van der Waals surface area contributed by atoms with E-state index in [9.17, 15) is 4.79 Å². The Labute approximate surface area is 208 Å². The van der Waals surface area contributed by atoms with Crippen molar-refractivity contribution in [3.05, 3.63) is 102 Å². The summed E-state index contributed by atoms with van der Waals surface area (Å²) in [5.74, 6) is 0.402. The second kappa shape index (κ2) is 9.69. The summed E-state index contributed by atoms with van der Waals surface area (Å²) in [6.45, 7) is 4.32. The molecule has 5 aromatic rings. The highest BCUT2D eigenvalue weighted by Gasteiger charge is 2.16. The standard InChI is InChI=1S/C30H24ClNO3/c1-3-34-28-17-29-24(25(18-35-29)22-13-12-20-8-4-5-9-21(20)15-22)16-23(28)19(2)14-30(33)32-27-11-7-6-10-26(27)31/h4-18H,3H2,1-2H3,(H,32,33)/b19-14+. The molecule has 1 amide bonds. The quantitative estimate of drug-likeness (QED) is 0.248. The third-order valence-corrected chi connectivity index (χ3v) is 6.27. The summed E-state index contributed by atoms with van der Waals surface area (Å²) in [5.41, 5.74) is 4.95. The van der Waals surface area contributed by atoms with Crippen LogP contribution in [0.2, 0.25) is 5.02 Å². The first-order valence-electron chi connectivity index (χ1n) is 11.4. The fourth-order valence-electron chi connectivity index (χ4n) is 4.22. The van der Waals surface area contributed by atoms with Crippen LogP contribution in [0.25, 0.3) is 38.4 Å². The number of hydrogen-bond donors (Lipinski definition) is 1. The van der Waals surface area contributed by atoms with E-state index in [0.717, 1.165) is 38.6 Å². The van der Waals surface area contributed by atoms with E-state index in [2.05, 4.69) is 35.6 Å². The first kappa shape index (κ1) is 22.8. The molecule has 0 atom stereocenters. The van der Waals surface area contributed by atoms with E-state index in [4.69, 9.17) is 20.8 Å². The van der Waals surface area contributed by atoms with Gasteiger partial charge in [-0.3, -0.25) is 4.79 Å². The molecule has 0 bridgehead atoms. The number of hydrogen-bond acceptors (Lipinski definition) is 3. The number of benzene rings is 4. The molecule has 1 N–H and O–H groups in total. The minimum atomic E-state index is -0.264. The molecule has 4 aromatic carbocycles. The number of allylic oxidation sites excluding steroid dienone is 1. The summed E-state index contributed by atoms with van der Waals surface area (Å²) in [5, 5.41) is 6.64.